The highest BCUT2D eigenvalue weighted by atomic mass is 16.5. The maximum absolute atomic E-state index is 12.6. The number of hydrogen-bond acceptors (Lipinski definition) is 3. The Bertz CT molecular complexity index is 548. The molecule has 1 heterocycles. The highest BCUT2D eigenvalue weighted by Gasteiger charge is 2.52. The topological polar surface area (TPSA) is 52.6 Å². The molecule has 1 aliphatic heterocycles. The van der Waals surface area contributed by atoms with Gasteiger partial charge in [0.1, 0.15) is 0 Å². The summed E-state index contributed by atoms with van der Waals surface area (Å²) in [4.78, 5) is 12.6. The van der Waals surface area contributed by atoms with E-state index in [0.717, 1.165) is 19.3 Å². The van der Waals surface area contributed by atoms with Crippen molar-refractivity contribution in [2.24, 2.45) is 5.92 Å². The van der Waals surface area contributed by atoms with E-state index >= 15 is 0 Å². The number of carbonyl (C=O) groups excluding carboxylic acids is 1. The lowest BCUT2D eigenvalue weighted by Crippen LogP contribution is -2.69. The van der Waals surface area contributed by atoms with E-state index in [9.17, 15) is 10.0 Å². The lowest BCUT2D eigenvalue weighted by atomic mass is 9.68. The minimum Gasteiger partial charge on any atom is -0.349 e. The summed E-state index contributed by atoms with van der Waals surface area (Å²) >= 11 is 0. The minimum atomic E-state index is -0.350. The Morgan fingerprint density at radius 1 is 1.26 bits per heavy atom. The van der Waals surface area contributed by atoms with Gasteiger partial charge in [-0.2, -0.15) is 5.06 Å². The molecule has 1 aliphatic rings. The summed E-state index contributed by atoms with van der Waals surface area (Å²) in [5.41, 5.74) is 0.00586. The molecule has 0 bridgehead atoms. The summed E-state index contributed by atoms with van der Waals surface area (Å²) in [6.45, 7) is 10.5. The lowest BCUT2D eigenvalue weighted by molar-refractivity contribution is -0.273. The van der Waals surface area contributed by atoms with Crippen molar-refractivity contribution in [3.8, 4) is 0 Å². The van der Waals surface area contributed by atoms with Gasteiger partial charge in [0.15, 0.2) is 0 Å². The second kappa shape index (κ2) is 6.62. The van der Waals surface area contributed by atoms with Crippen LogP contribution < -0.4 is 5.32 Å². The summed E-state index contributed by atoms with van der Waals surface area (Å²) in [5.74, 6) is 0.121. The number of amides is 1. The molecule has 2 rings (SSSR count). The number of piperidine rings is 1. The number of carbonyl (C=O) groups is 1. The Morgan fingerprint density at radius 2 is 1.87 bits per heavy atom. The maximum Gasteiger partial charge on any atom is 0.251 e. The molecule has 0 radical (unpaired) electrons. The fraction of sp³-hybridized carbons (Fsp3) is 0.632. The first-order valence-corrected chi connectivity index (χ1v) is 8.63. The molecule has 23 heavy (non-hydrogen) atoms. The van der Waals surface area contributed by atoms with E-state index in [4.69, 9.17) is 0 Å². The van der Waals surface area contributed by atoms with E-state index in [0.29, 0.717) is 5.56 Å². The minimum absolute atomic E-state index is 0.0363. The normalized spacial score (nSPS) is 35.0. The van der Waals surface area contributed by atoms with Crippen LogP contribution in [0.5, 0.6) is 0 Å². The quantitative estimate of drug-likeness (QED) is 0.886. The van der Waals surface area contributed by atoms with Crippen molar-refractivity contribution in [3.05, 3.63) is 35.9 Å². The maximum atomic E-state index is 12.6. The fourth-order valence-electron chi connectivity index (χ4n) is 3.76. The zero-order chi connectivity index (χ0) is 17.3. The van der Waals surface area contributed by atoms with Crippen LogP contribution in [0.3, 0.4) is 0 Å². The zero-order valence-corrected chi connectivity index (χ0v) is 15.0. The number of hydroxylamine groups is 2. The van der Waals surface area contributed by atoms with Crippen molar-refractivity contribution in [1.29, 1.82) is 0 Å². The summed E-state index contributed by atoms with van der Waals surface area (Å²) < 4.78 is 0. The zero-order valence-electron chi connectivity index (χ0n) is 15.0. The average Bonchev–Trinajstić information content (AvgIpc) is 2.58. The molecule has 0 aromatic heterocycles. The number of rotatable bonds is 4. The number of benzene rings is 1. The van der Waals surface area contributed by atoms with E-state index in [1.54, 1.807) is 5.06 Å². The number of nitrogens with zero attached hydrogens (tertiary/aromatic N) is 1. The lowest BCUT2D eigenvalue weighted by Gasteiger charge is -2.57. The van der Waals surface area contributed by atoms with Crippen LogP contribution >= 0.6 is 0 Å². The van der Waals surface area contributed by atoms with Gasteiger partial charge in [-0.1, -0.05) is 39.0 Å². The third-order valence-corrected chi connectivity index (χ3v) is 6.07. The Morgan fingerprint density at radius 3 is 2.39 bits per heavy atom. The predicted octanol–water partition coefficient (Wildman–Crippen LogP) is 3.85. The molecule has 1 saturated heterocycles. The molecular formula is C19H30N2O2. The third-order valence-electron chi connectivity index (χ3n) is 6.07. The molecule has 0 saturated carbocycles. The van der Waals surface area contributed by atoms with Crippen molar-refractivity contribution in [3.63, 3.8) is 0 Å². The highest BCUT2D eigenvalue weighted by molar-refractivity contribution is 5.94. The fourth-order valence-corrected chi connectivity index (χ4v) is 3.76. The van der Waals surface area contributed by atoms with Crippen LogP contribution in [-0.4, -0.2) is 33.3 Å². The van der Waals surface area contributed by atoms with Crippen molar-refractivity contribution in [1.82, 2.24) is 10.4 Å². The summed E-state index contributed by atoms with van der Waals surface area (Å²) in [5, 5.41) is 15.6. The first kappa shape index (κ1) is 18.0. The van der Waals surface area contributed by atoms with Crippen LogP contribution in [0.2, 0.25) is 0 Å². The molecule has 0 aliphatic carbocycles. The Balaban J connectivity index is 2.25. The monoisotopic (exact) mass is 318 g/mol. The molecular weight excluding hydrogens is 288 g/mol. The van der Waals surface area contributed by atoms with Gasteiger partial charge in [-0.15, -0.1) is 0 Å². The van der Waals surface area contributed by atoms with Crippen molar-refractivity contribution < 1.29 is 10.0 Å². The molecule has 4 atom stereocenters. The second-order valence-electron chi connectivity index (χ2n) is 7.31. The van der Waals surface area contributed by atoms with Crippen LogP contribution in [0.15, 0.2) is 30.3 Å². The molecule has 128 valence electrons. The van der Waals surface area contributed by atoms with Crippen molar-refractivity contribution in [2.75, 3.05) is 0 Å². The van der Waals surface area contributed by atoms with Crippen LogP contribution in [0.25, 0.3) is 0 Å². The Labute approximate surface area is 139 Å². The largest absolute Gasteiger partial charge is 0.349 e. The summed E-state index contributed by atoms with van der Waals surface area (Å²) in [6, 6.07) is 9.37. The van der Waals surface area contributed by atoms with E-state index in [1.165, 1.54) is 0 Å². The van der Waals surface area contributed by atoms with Crippen molar-refractivity contribution in [2.45, 2.75) is 71.0 Å². The smallest absolute Gasteiger partial charge is 0.251 e. The van der Waals surface area contributed by atoms with Gasteiger partial charge in [0.05, 0.1) is 0 Å². The van der Waals surface area contributed by atoms with Gasteiger partial charge in [0, 0.05) is 22.7 Å². The van der Waals surface area contributed by atoms with E-state index in [-0.39, 0.29) is 28.9 Å². The number of hydrogen-bond donors (Lipinski definition) is 2. The van der Waals surface area contributed by atoms with Crippen LogP contribution in [0.4, 0.5) is 0 Å². The molecule has 4 unspecified atom stereocenters. The standard InChI is InChI=1S/C19H30N2O2/c1-6-18(4)13-16(14(3)19(5,7-2)21(18)23)20-17(22)15-11-9-8-10-12-15/h8-12,14,16,23H,6-7,13H2,1-5H3,(H,20,22). The van der Waals surface area contributed by atoms with Gasteiger partial charge in [-0.25, -0.2) is 0 Å². The van der Waals surface area contributed by atoms with Gasteiger partial charge in [0.2, 0.25) is 0 Å². The molecule has 1 amide bonds. The van der Waals surface area contributed by atoms with Gasteiger partial charge < -0.3 is 10.5 Å². The van der Waals surface area contributed by atoms with E-state index in [1.807, 2.05) is 30.3 Å². The molecule has 2 N–H and O–H groups in total. The highest BCUT2D eigenvalue weighted by Crippen LogP contribution is 2.44. The van der Waals surface area contributed by atoms with E-state index in [2.05, 4.69) is 39.9 Å². The molecule has 4 nitrogen and oxygen atoms in total. The van der Waals surface area contributed by atoms with Crippen molar-refractivity contribution >= 4 is 5.91 Å². The third kappa shape index (κ3) is 3.15. The first-order chi connectivity index (χ1) is 10.8. The Kier molecular flexibility index (Phi) is 5.17. The SMILES string of the molecule is CCC1(C)CC(NC(=O)c2ccccc2)C(C)C(C)(CC)N1O. The van der Waals surface area contributed by atoms with E-state index < -0.39 is 0 Å². The summed E-state index contributed by atoms with van der Waals surface area (Å²) in [7, 11) is 0. The molecule has 0 spiro atoms. The average molecular weight is 318 g/mol. The van der Waals surface area contributed by atoms with Gasteiger partial charge in [-0.05, 0) is 51.2 Å². The predicted molar refractivity (Wildman–Crippen MR) is 92.5 cm³/mol. The molecule has 1 aromatic rings. The van der Waals surface area contributed by atoms with Gasteiger partial charge in [0.25, 0.3) is 5.91 Å². The molecule has 1 fully saturated rings. The van der Waals surface area contributed by atoms with Gasteiger partial charge in [-0.3, -0.25) is 4.79 Å². The Hall–Kier alpha value is -1.39. The first-order valence-electron chi connectivity index (χ1n) is 8.63. The van der Waals surface area contributed by atoms with Crippen LogP contribution in [-0.2, 0) is 0 Å². The molecule has 1 aromatic carbocycles. The number of nitrogens with one attached hydrogen (secondary N) is 1. The summed E-state index contributed by atoms with van der Waals surface area (Å²) in [6.07, 6.45) is 2.41. The van der Waals surface area contributed by atoms with Crippen LogP contribution in [0, 0.1) is 5.92 Å². The van der Waals surface area contributed by atoms with Crippen LogP contribution in [0.1, 0.15) is 64.2 Å². The molecule has 4 heteroatoms. The second-order valence-corrected chi connectivity index (χ2v) is 7.31. The van der Waals surface area contributed by atoms with Gasteiger partial charge >= 0.3 is 0 Å².